The minimum atomic E-state index is 0.778. The van der Waals surface area contributed by atoms with Gasteiger partial charge in [0.2, 0.25) is 0 Å². The lowest BCUT2D eigenvalue weighted by atomic mass is 10.3. The average Bonchev–Trinajstić information content (AvgIpc) is 2.19. The van der Waals surface area contributed by atoms with Crippen molar-refractivity contribution in [1.29, 1.82) is 0 Å². The van der Waals surface area contributed by atoms with E-state index in [9.17, 15) is 0 Å². The first kappa shape index (κ1) is 10.3. The molecule has 0 aliphatic heterocycles. The number of thioether (sulfide) groups is 1. The summed E-state index contributed by atoms with van der Waals surface area (Å²) in [5.74, 6) is 1.97. The topological polar surface area (TPSA) is 21.3 Å². The Labute approximate surface area is 83.7 Å². The van der Waals surface area contributed by atoms with Crippen LogP contribution < -0.4 is 10.1 Å². The first-order valence-corrected chi connectivity index (χ1v) is 5.65. The molecule has 1 N–H and O–H groups in total. The van der Waals surface area contributed by atoms with Gasteiger partial charge in [-0.2, -0.15) is 11.8 Å². The molecule has 0 unspecified atom stereocenters. The second kappa shape index (κ2) is 5.75. The third-order valence-corrected chi connectivity index (χ3v) is 2.27. The predicted octanol–water partition coefficient (Wildman–Crippen LogP) is 2.47. The molecule has 0 amide bonds. The van der Waals surface area contributed by atoms with Crippen LogP contribution in [0.1, 0.15) is 0 Å². The Hall–Kier alpha value is -0.830. The van der Waals surface area contributed by atoms with Crippen LogP contribution in [0.4, 0.5) is 5.69 Å². The predicted molar refractivity (Wildman–Crippen MR) is 59.9 cm³/mol. The van der Waals surface area contributed by atoms with Gasteiger partial charge in [-0.15, -0.1) is 0 Å². The molecule has 0 aliphatic carbocycles. The van der Waals surface area contributed by atoms with Crippen LogP contribution in [-0.2, 0) is 0 Å². The summed E-state index contributed by atoms with van der Waals surface area (Å²) in [7, 11) is 1.91. The summed E-state index contributed by atoms with van der Waals surface area (Å²) in [5.41, 5.74) is 1.11. The maximum Gasteiger partial charge on any atom is 0.119 e. The summed E-state index contributed by atoms with van der Waals surface area (Å²) >= 11 is 1.79. The van der Waals surface area contributed by atoms with Crippen LogP contribution in [-0.4, -0.2) is 25.7 Å². The molecule has 2 nitrogen and oxygen atoms in total. The van der Waals surface area contributed by atoms with Crippen molar-refractivity contribution in [2.24, 2.45) is 0 Å². The van der Waals surface area contributed by atoms with Crippen molar-refractivity contribution in [2.75, 3.05) is 31.0 Å². The fourth-order valence-corrected chi connectivity index (χ4v) is 1.21. The normalized spacial score (nSPS) is 9.69. The molecule has 0 aliphatic rings. The van der Waals surface area contributed by atoms with Gasteiger partial charge in [0.15, 0.2) is 0 Å². The minimum Gasteiger partial charge on any atom is -0.493 e. The molecular weight excluding hydrogens is 182 g/mol. The number of hydrogen-bond acceptors (Lipinski definition) is 3. The van der Waals surface area contributed by atoms with Gasteiger partial charge in [-0.3, -0.25) is 0 Å². The lowest BCUT2D eigenvalue weighted by Gasteiger charge is -2.05. The van der Waals surface area contributed by atoms with Gasteiger partial charge in [0.1, 0.15) is 5.75 Å². The number of ether oxygens (including phenoxy) is 1. The van der Waals surface area contributed by atoms with Gasteiger partial charge in [0.25, 0.3) is 0 Å². The number of nitrogens with one attached hydrogen (secondary N) is 1. The van der Waals surface area contributed by atoms with E-state index in [0.29, 0.717) is 0 Å². The molecule has 0 radical (unpaired) electrons. The lowest BCUT2D eigenvalue weighted by molar-refractivity contribution is 0.344. The van der Waals surface area contributed by atoms with E-state index in [4.69, 9.17) is 4.74 Å². The molecule has 0 spiro atoms. The summed E-state index contributed by atoms with van der Waals surface area (Å²) in [4.78, 5) is 0. The number of rotatable bonds is 5. The van der Waals surface area contributed by atoms with Gasteiger partial charge in [0, 0.05) is 18.5 Å². The Bertz CT molecular complexity index is 235. The first-order valence-electron chi connectivity index (χ1n) is 4.26. The fourth-order valence-electron chi connectivity index (χ4n) is 0.961. The third kappa shape index (κ3) is 3.59. The fraction of sp³-hybridized carbons (Fsp3) is 0.400. The van der Waals surface area contributed by atoms with Crippen molar-refractivity contribution < 1.29 is 4.74 Å². The largest absolute Gasteiger partial charge is 0.493 e. The highest BCUT2D eigenvalue weighted by molar-refractivity contribution is 7.98. The van der Waals surface area contributed by atoms with E-state index < -0.39 is 0 Å². The SMILES string of the molecule is CNc1ccc(OCCSC)cc1. The van der Waals surface area contributed by atoms with Crippen LogP contribution in [0.15, 0.2) is 24.3 Å². The molecule has 1 aromatic carbocycles. The van der Waals surface area contributed by atoms with E-state index in [1.54, 1.807) is 11.8 Å². The highest BCUT2D eigenvalue weighted by atomic mass is 32.2. The van der Waals surface area contributed by atoms with Crippen LogP contribution in [0.2, 0.25) is 0 Å². The molecule has 72 valence electrons. The van der Waals surface area contributed by atoms with Gasteiger partial charge in [0.05, 0.1) is 6.61 Å². The maximum absolute atomic E-state index is 5.50. The summed E-state index contributed by atoms with van der Waals surface area (Å²) < 4.78 is 5.50. The smallest absolute Gasteiger partial charge is 0.119 e. The maximum atomic E-state index is 5.50. The van der Waals surface area contributed by atoms with E-state index in [1.807, 2.05) is 31.3 Å². The Morgan fingerprint density at radius 1 is 1.31 bits per heavy atom. The van der Waals surface area contributed by atoms with Crippen LogP contribution in [0.5, 0.6) is 5.75 Å². The van der Waals surface area contributed by atoms with Gasteiger partial charge in [-0.1, -0.05) is 0 Å². The summed E-state index contributed by atoms with van der Waals surface area (Å²) in [5, 5.41) is 3.06. The third-order valence-electron chi connectivity index (χ3n) is 1.70. The molecule has 0 aromatic heterocycles. The number of benzene rings is 1. The summed E-state index contributed by atoms with van der Waals surface area (Å²) in [6.45, 7) is 0.778. The monoisotopic (exact) mass is 197 g/mol. The van der Waals surface area contributed by atoms with E-state index >= 15 is 0 Å². The molecule has 0 saturated carbocycles. The molecule has 3 heteroatoms. The van der Waals surface area contributed by atoms with Crippen LogP contribution in [0.25, 0.3) is 0 Å². The van der Waals surface area contributed by atoms with E-state index in [0.717, 1.165) is 23.8 Å². The zero-order valence-electron chi connectivity index (χ0n) is 8.04. The molecule has 0 heterocycles. The van der Waals surface area contributed by atoms with Crippen LogP contribution in [0.3, 0.4) is 0 Å². The molecule has 1 aromatic rings. The van der Waals surface area contributed by atoms with Crippen molar-refractivity contribution in [2.45, 2.75) is 0 Å². The zero-order chi connectivity index (χ0) is 9.52. The molecular formula is C10H15NOS. The van der Waals surface area contributed by atoms with Gasteiger partial charge >= 0.3 is 0 Å². The summed E-state index contributed by atoms with van der Waals surface area (Å²) in [6.07, 6.45) is 2.08. The highest BCUT2D eigenvalue weighted by Gasteiger charge is 1.92. The van der Waals surface area contributed by atoms with Gasteiger partial charge < -0.3 is 10.1 Å². The van der Waals surface area contributed by atoms with E-state index in [2.05, 4.69) is 11.6 Å². The Morgan fingerprint density at radius 2 is 2.00 bits per heavy atom. The Morgan fingerprint density at radius 3 is 2.54 bits per heavy atom. The standard InChI is InChI=1S/C10H15NOS/c1-11-9-3-5-10(6-4-9)12-7-8-13-2/h3-6,11H,7-8H2,1-2H3. The van der Waals surface area contributed by atoms with Crippen molar-refractivity contribution >= 4 is 17.4 Å². The van der Waals surface area contributed by atoms with Crippen molar-refractivity contribution in [3.05, 3.63) is 24.3 Å². The minimum absolute atomic E-state index is 0.778. The highest BCUT2D eigenvalue weighted by Crippen LogP contribution is 2.15. The van der Waals surface area contributed by atoms with Crippen LogP contribution in [0, 0.1) is 0 Å². The second-order valence-electron chi connectivity index (χ2n) is 2.62. The zero-order valence-corrected chi connectivity index (χ0v) is 8.86. The van der Waals surface area contributed by atoms with Gasteiger partial charge in [-0.25, -0.2) is 0 Å². The van der Waals surface area contributed by atoms with E-state index in [-0.39, 0.29) is 0 Å². The number of anilines is 1. The first-order chi connectivity index (χ1) is 6.36. The molecule has 0 atom stereocenters. The van der Waals surface area contributed by atoms with Crippen molar-refractivity contribution in [1.82, 2.24) is 0 Å². The lowest BCUT2D eigenvalue weighted by Crippen LogP contribution is -1.99. The molecule has 13 heavy (non-hydrogen) atoms. The Kier molecular flexibility index (Phi) is 4.54. The quantitative estimate of drug-likeness (QED) is 0.733. The van der Waals surface area contributed by atoms with E-state index in [1.165, 1.54) is 0 Å². The average molecular weight is 197 g/mol. The second-order valence-corrected chi connectivity index (χ2v) is 3.60. The molecule has 0 saturated heterocycles. The summed E-state index contributed by atoms with van der Waals surface area (Å²) in [6, 6.07) is 7.97. The van der Waals surface area contributed by atoms with Crippen molar-refractivity contribution in [3.8, 4) is 5.75 Å². The van der Waals surface area contributed by atoms with Gasteiger partial charge in [-0.05, 0) is 30.5 Å². The van der Waals surface area contributed by atoms with Crippen molar-refractivity contribution in [3.63, 3.8) is 0 Å². The molecule has 0 fully saturated rings. The number of hydrogen-bond donors (Lipinski definition) is 1. The van der Waals surface area contributed by atoms with Crippen LogP contribution >= 0.6 is 11.8 Å². The molecule has 0 bridgehead atoms. The molecule has 1 rings (SSSR count). The Balaban J connectivity index is 2.40.